The number of hydrogen-bond donors (Lipinski definition) is 0. The minimum atomic E-state index is -0.276. The molecule has 17 heavy (non-hydrogen) atoms. The first-order valence-corrected chi connectivity index (χ1v) is 9.60. The van der Waals surface area contributed by atoms with E-state index in [1.54, 1.807) is 0 Å². The van der Waals surface area contributed by atoms with Gasteiger partial charge in [0.15, 0.2) is 0 Å². The Morgan fingerprint density at radius 1 is 1.47 bits per heavy atom. The molecule has 2 aromatic rings. The van der Waals surface area contributed by atoms with E-state index in [1.165, 1.54) is 6.07 Å². The molecular formula is C13H11HgO3+. The molecule has 0 saturated carbocycles. The van der Waals surface area contributed by atoms with Crippen LogP contribution in [0.4, 0.5) is 0 Å². The van der Waals surface area contributed by atoms with Crippen molar-refractivity contribution in [2.75, 3.05) is 0 Å². The van der Waals surface area contributed by atoms with Gasteiger partial charge in [-0.15, -0.1) is 0 Å². The summed E-state index contributed by atoms with van der Waals surface area (Å²) in [6, 6.07) is 5.51. The first-order valence-electron chi connectivity index (χ1n) is 5.71. The summed E-state index contributed by atoms with van der Waals surface area (Å²) in [5.74, 6) is 0.890. The van der Waals surface area contributed by atoms with Gasteiger partial charge in [0.25, 0.3) is 0 Å². The summed E-state index contributed by atoms with van der Waals surface area (Å²) in [6.45, 7) is 1.94. The summed E-state index contributed by atoms with van der Waals surface area (Å²) in [5, 5.41) is 1.02. The number of benzene rings is 1. The average molecular weight is 416 g/mol. The molecule has 1 aliphatic rings. The molecule has 1 aromatic heterocycles. The third kappa shape index (κ3) is 1.80. The van der Waals surface area contributed by atoms with E-state index in [-0.39, 0.29) is 5.63 Å². The number of rotatable bonds is 1. The predicted molar refractivity (Wildman–Crippen MR) is 60.1 cm³/mol. The summed E-state index contributed by atoms with van der Waals surface area (Å²) in [7, 11) is 0. The molecule has 4 heteroatoms. The summed E-state index contributed by atoms with van der Waals surface area (Å²) < 4.78 is 12.3. The van der Waals surface area contributed by atoms with E-state index < -0.39 is 0 Å². The molecule has 1 aliphatic heterocycles. The summed E-state index contributed by atoms with van der Waals surface area (Å²) in [5.41, 5.74) is 2.48. The first kappa shape index (κ1) is 11.3. The van der Waals surface area contributed by atoms with Gasteiger partial charge < -0.3 is 0 Å². The van der Waals surface area contributed by atoms with Crippen molar-refractivity contribution in [3.05, 3.63) is 39.7 Å². The SMILES string of the molecule is Cc1cc(=O)oc2c3c(ccc12)OC([CH2][Hg+])C3. The second kappa shape index (κ2) is 4.12. The van der Waals surface area contributed by atoms with E-state index in [4.69, 9.17) is 9.15 Å². The first-order chi connectivity index (χ1) is 8.19. The van der Waals surface area contributed by atoms with Crippen LogP contribution in [-0.2, 0) is 32.5 Å². The zero-order valence-corrected chi connectivity index (χ0v) is 15.2. The minimum absolute atomic E-state index is 0.276. The Kier molecular flexibility index (Phi) is 2.73. The molecule has 2 heterocycles. The molecule has 82 valence electrons. The monoisotopic (exact) mass is 417 g/mol. The van der Waals surface area contributed by atoms with Crippen molar-refractivity contribution >= 4 is 11.0 Å². The fraction of sp³-hybridized carbons (Fsp3) is 0.308. The standard InChI is InChI=1S/C13H11O3.Hg/c1-7-5-12(14)16-13-9(7)3-4-11-10(13)6-8(2)15-11;/h3-5,8H,2,6H2,1H3;/q;+1. The van der Waals surface area contributed by atoms with Gasteiger partial charge in [0.2, 0.25) is 0 Å². The van der Waals surface area contributed by atoms with Crippen LogP contribution in [0.5, 0.6) is 5.75 Å². The zero-order chi connectivity index (χ0) is 12.0. The molecule has 0 N–H and O–H groups in total. The Balaban J connectivity index is 2.30. The second-order valence-corrected chi connectivity index (χ2v) is 6.64. The molecule has 1 atom stereocenters. The topological polar surface area (TPSA) is 39.4 Å². The van der Waals surface area contributed by atoms with Gasteiger partial charge in [-0.25, -0.2) is 0 Å². The number of ether oxygens (including phenoxy) is 1. The Labute approximate surface area is 115 Å². The molecule has 0 radical (unpaired) electrons. The normalized spacial score (nSPS) is 18.2. The third-order valence-corrected chi connectivity index (χ3v) is 5.73. The van der Waals surface area contributed by atoms with Gasteiger partial charge in [0.1, 0.15) is 0 Å². The van der Waals surface area contributed by atoms with Crippen molar-refractivity contribution in [1.29, 1.82) is 0 Å². The Morgan fingerprint density at radius 2 is 2.29 bits per heavy atom. The van der Waals surface area contributed by atoms with Gasteiger partial charge in [-0.3, -0.25) is 0 Å². The van der Waals surface area contributed by atoms with Crippen molar-refractivity contribution in [2.24, 2.45) is 0 Å². The van der Waals surface area contributed by atoms with Gasteiger partial charge in [0, 0.05) is 0 Å². The predicted octanol–water partition coefficient (Wildman–Crippen LogP) is 2.37. The van der Waals surface area contributed by atoms with Gasteiger partial charge >= 0.3 is 115 Å². The molecule has 0 bridgehead atoms. The fourth-order valence-electron chi connectivity index (χ4n) is 2.34. The van der Waals surface area contributed by atoms with Crippen molar-refractivity contribution in [3.63, 3.8) is 0 Å². The summed E-state index contributed by atoms with van der Waals surface area (Å²) in [6.07, 6.45) is 1.17. The summed E-state index contributed by atoms with van der Waals surface area (Å²) in [4.78, 5) is 11.5. The van der Waals surface area contributed by atoms with Gasteiger partial charge in [0.05, 0.1) is 0 Å². The van der Waals surface area contributed by atoms with Crippen LogP contribution in [0.15, 0.2) is 27.4 Å². The number of hydrogen-bond acceptors (Lipinski definition) is 3. The van der Waals surface area contributed by atoms with Crippen molar-refractivity contribution in [2.45, 2.75) is 23.4 Å². The number of aryl methyl sites for hydroxylation is 1. The van der Waals surface area contributed by atoms with Crippen LogP contribution in [0.2, 0.25) is 3.93 Å². The Morgan fingerprint density at radius 3 is 3.06 bits per heavy atom. The van der Waals surface area contributed by atoms with Gasteiger partial charge in [-0.1, -0.05) is 0 Å². The molecule has 1 unspecified atom stereocenters. The van der Waals surface area contributed by atoms with E-state index in [0.717, 1.165) is 64.3 Å². The molecule has 0 amide bonds. The van der Waals surface area contributed by atoms with Crippen molar-refractivity contribution < 1.29 is 35.3 Å². The van der Waals surface area contributed by atoms with E-state index in [1.807, 2.05) is 19.1 Å². The van der Waals surface area contributed by atoms with Gasteiger partial charge in [-0.05, 0) is 0 Å². The third-order valence-electron chi connectivity index (χ3n) is 3.23. The van der Waals surface area contributed by atoms with Crippen LogP contribution < -0.4 is 10.4 Å². The van der Waals surface area contributed by atoms with Gasteiger partial charge in [-0.2, -0.15) is 0 Å². The zero-order valence-electron chi connectivity index (χ0n) is 9.66. The fourth-order valence-corrected chi connectivity index (χ4v) is 3.59. The molecule has 0 aliphatic carbocycles. The quantitative estimate of drug-likeness (QED) is 0.530. The molecular weight excluding hydrogens is 405 g/mol. The van der Waals surface area contributed by atoms with Crippen molar-refractivity contribution in [1.82, 2.24) is 0 Å². The van der Waals surface area contributed by atoms with Crippen LogP contribution >= 0.6 is 0 Å². The molecule has 0 fully saturated rings. The van der Waals surface area contributed by atoms with E-state index in [2.05, 4.69) is 0 Å². The molecule has 0 saturated heterocycles. The van der Waals surface area contributed by atoms with E-state index in [0.29, 0.717) is 6.10 Å². The molecule has 3 nitrogen and oxygen atoms in total. The molecule has 3 rings (SSSR count). The molecule has 0 spiro atoms. The van der Waals surface area contributed by atoms with Crippen molar-refractivity contribution in [3.8, 4) is 5.75 Å². The maximum atomic E-state index is 11.5. The van der Waals surface area contributed by atoms with Crippen LogP contribution in [0.3, 0.4) is 0 Å². The summed E-state index contributed by atoms with van der Waals surface area (Å²) >= 11 is 0.735. The van der Waals surface area contributed by atoms with Crippen LogP contribution in [-0.4, -0.2) is 6.10 Å². The average Bonchev–Trinajstić information content (AvgIpc) is 2.72. The maximum absolute atomic E-state index is 11.5. The molecule has 1 aromatic carbocycles. The van der Waals surface area contributed by atoms with E-state index in [9.17, 15) is 4.79 Å². The van der Waals surface area contributed by atoms with Crippen LogP contribution in [0.25, 0.3) is 11.0 Å². The van der Waals surface area contributed by atoms with E-state index >= 15 is 0 Å². The second-order valence-electron chi connectivity index (χ2n) is 4.40. The Bertz CT molecular complexity index is 645. The number of fused-ring (bicyclic) bond motifs is 3. The van der Waals surface area contributed by atoms with Crippen LogP contribution in [0, 0.1) is 6.92 Å². The Hall–Kier alpha value is -0.835. The van der Waals surface area contributed by atoms with Crippen LogP contribution in [0.1, 0.15) is 11.1 Å².